The van der Waals surface area contributed by atoms with E-state index in [1.54, 1.807) is 6.92 Å². The summed E-state index contributed by atoms with van der Waals surface area (Å²) in [6.45, 7) is 1.64. The van der Waals surface area contributed by atoms with Crippen LogP contribution in [0.5, 0.6) is 0 Å². The molecule has 0 radical (unpaired) electrons. The van der Waals surface area contributed by atoms with E-state index in [4.69, 9.17) is 5.73 Å². The minimum absolute atomic E-state index is 0.134. The molecule has 0 aromatic carbocycles. The molecule has 2 saturated carbocycles. The summed E-state index contributed by atoms with van der Waals surface area (Å²) < 4.78 is 0. The molecule has 0 bridgehead atoms. The molecule has 2 fully saturated rings. The summed E-state index contributed by atoms with van der Waals surface area (Å²) in [6.07, 6.45) is 9.96. The van der Waals surface area contributed by atoms with Gasteiger partial charge >= 0.3 is 0 Å². The molecule has 2 aliphatic rings. The van der Waals surface area contributed by atoms with Gasteiger partial charge in [0.1, 0.15) is 0 Å². The van der Waals surface area contributed by atoms with Gasteiger partial charge in [-0.15, -0.1) is 0 Å². The number of amides is 1. The Hall–Kier alpha value is -0.570. The lowest BCUT2D eigenvalue weighted by molar-refractivity contribution is -0.120. The molecule has 1 amide bonds. The van der Waals surface area contributed by atoms with Gasteiger partial charge in [0, 0.05) is 19.0 Å². The van der Waals surface area contributed by atoms with Crippen LogP contribution in [0, 0.1) is 11.8 Å². The minimum atomic E-state index is 0.134. The van der Waals surface area contributed by atoms with E-state index in [1.165, 1.54) is 51.4 Å². The van der Waals surface area contributed by atoms with Crippen LogP contribution in [-0.2, 0) is 4.79 Å². The van der Waals surface area contributed by atoms with Crippen LogP contribution < -0.4 is 11.1 Å². The molecule has 3 N–H and O–H groups in total. The highest BCUT2D eigenvalue weighted by molar-refractivity contribution is 5.73. The molecule has 0 aliphatic heterocycles. The van der Waals surface area contributed by atoms with Crippen molar-refractivity contribution in [3.8, 4) is 0 Å². The van der Waals surface area contributed by atoms with Crippen LogP contribution >= 0.6 is 0 Å². The topological polar surface area (TPSA) is 55.1 Å². The maximum atomic E-state index is 11.3. The SMILES string of the molecule is CC(=O)N[C@H]1CCCC[C@H]1C1CCC(N)CC1. The van der Waals surface area contributed by atoms with E-state index in [1.807, 2.05) is 0 Å². The zero-order valence-electron chi connectivity index (χ0n) is 11.0. The van der Waals surface area contributed by atoms with Gasteiger partial charge in [0.25, 0.3) is 0 Å². The molecule has 3 nitrogen and oxygen atoms in total. The van der Waals surface area contributed by atoms with E-state index in [0.717, 1.165) is 5.92 Å². The molecule has 0 saturated heterocycles. The highest BCUT2D eigenvalue weighted by Crippen LogP contribution is 2.38. The van der Waals surface area contributed by atoms with Gasteiger partial charge in [-0.2, -0.15) is 0 Å². The molecule has 0 spiro atoms. The van der Waals surface area contributed by atoms with Gasteiger partial charge in [0.2, 0.25) is 5.91 Å². The molecule has 98 valence electrons. The third-order valence-electron chi connectivity index (χ3n) is 4.63. The molecule has 2 atom stereocenters. The minimum Gasteiger partial charge on any atom is -0.353 e. The van der Waals surface area contributed by atoms with Crippen molar-refractivity contribution in [1.29, 1.82) is 0 Å². The fraction of sp³-hybridized carbons (Fsp3) is 0.929. The van der Waals surface area contributed by atoms with Gasteiger partial charge in [-0.1, -0.05) is 12.8 Å². The van der Waals surface area contributed by atoms with Crippen LogP contribution in [0.25, 0.3) is 0 Å². The van der Waals surface area contributed by atoms with Gasteiger partial charge < -0.3 is 11.1 Å². The van der Waals surface area contributed by atoms with Crippen molar-refractivity contribution >= 4 is 5.91 Å². The standard InChI is InChI=1S/C14H26N2O/c1-10(17)16-14-5-3-2-4-13(14)11-6-8-12(15)9-7-11/h11-14H,2-9,15H2,1H3,(H,16,17)/t11?,12?,13-,14-/m0/s1. The van der Waals surface area contributed by atoms with Crippen molar-refractivity contribution in [2.45, 2.75) is 70.4 Å². The molecule has 2 aliphatic carbocycles. The van der Waals surface area contributed by atoms with Crippen LogP contribution in [0.15, 0.2) is 0 Å². The predicted molar refractivity (Wildman–Crippen MR) is 69.5 cm³/mol. The summed E-state index contributed by atoms with van der Waals surface area (Å²) >= 11 is 0. The van der Waals surface area contributed by atoms with E-state index in [9.17, 15) is 4.79 Å². The molecule has 17 heavy (non-hydrogen) atoms. The van der Waals surface area contributed by atoms with E-state index in [0.29, 0.717) is 18.0 Å². The van der Waals surface area contributed by atoms with Gasteiger partial charge in [-0.25, -0.2) is 0 Å². The Labute approximate surface area is 105 Å². The smallest absolute Gasteiger partial charge is 0.217 e. The maximum Gasteiger partial charge on any atom is 0.217 e. The maximum absolute atomic E-state index is 11.3. The summed E-state index contributed by atoms with van der Waals surface area (Å²) in [7, 11) is 0. The summed E-state index contributed by atoms with van der Waals surface area (Å²) in [5.41, 5.74) is 5.97. The number of hydrogen-bond donors (Lipinski definition) is 2. The molecule has 0 aromatic heterocycles. The third-order valence-corrected chi connectivity index (χ3v) is 4.63. The summed E-state index contributed by atoms with van der Waals surface area (Å²) in [5, 5.41) is 3.17. The number of carbonyl (C=O) groups excluding carboxylic acids is 1. The normalized spacial score (nSPS) is 38.7. The Balaban J connectivity index is 1.93. The lowest BCUT2D eigenvalue weighted by Crippen LogP contribution is -2.45. The monoisotopic (exact) mass is 238 g/mol. The largest absolute Gasteiger partial charge is 0.353 e. The first kappa shape index (κ1) is 12.9. The van der Waals surface area contributed by atoms with Crippen molar-refractivity contribution < 1.29 is 4.79 Å². The van der Waals surface area contributed by atoms with E-state index in [-0.39, 0.29) is 5.91 Å². The molecular weight excluding hydrogens is 212 g/mol. The first-order chi connectivity index (χ1) is 8.16. The van der Waals surface area contributed by atoms with Crippen LogP contribution in [0.3, 0.4) is 0 Å². The predicted octanol–water partition coefficient (Wildman–Crippen LogP) is 2.20. The third kappa shape index (κ3) is 3.44. The average Bonchev–Trinajstić information content (AvgIpc) is 2.30. The highest BCUT2D eigenvalue weighted by atomic mass is 16.1. The van der Waals surface area contributed by atoms with Crippen LogP contribution in [-0.4, -0.2) is 18.0 Å². The fourth-order valence-corrected chi connectivity index (χ4v) is 3.74. The molecule has 2 rings (SSSR count). The Morgan fingerprint density at radius 2 is 1.71 bits per heavy atom. The van der Waals surface area contributed by atoms with Gasteiger partial charge in [0.15, 0.2) is 0 Å². The van der Waals surface area contributed by atoms with Crippen molar-refractivity contribution in [2.24, 2.45) is 17.6 Å². The molecule has 0 heterocycles. The van der Waals surface area contributed by atoms with Crippen molar-refractivity contribution in [1.82, 2.24) is 5.32 Å². The number of nitrogens with one attached hydrogen (secondary N) is 1. The average molecular weight is 238 g/mol. The zero-order chi connectivity index (χ0) is 12.3. The summed E-state index contributed by atoms with van der Waals surface area (Å²) in [6, 6.07) is 0.856. The second-order valence-electron chi connectivity index (χ2n) is 5.93. The Bertz CT molecular complexity index is 259. The lowest BCUT2D eigenvalue weighted by Gasteiger charge is -2.40. The van der Waals surface area contributed by atoms with Crippen LogP contribution in [0.1, 0.15) is 58.3 Å². The molecule has 0 unspecified atom stereocenters. The van der Waals surface area contributed by atoms with E-state index < -0.39 is 0 Å². The second kappa shape index (κ2) is 5.85. The van der Waals surface area contributed by atoms with E-state index >= 15 is 0 Å². The molecular formula is C14H26N2O. The Kier molecular flexibility index (Phi) is 4.43. The summed E-state index contributed by atoms with van der Waals surface area (Å²) in [5.74, 6) is 1.64. The number of nitrogens with two attached hydrogens (primary N) is 1. The number of carbonyl (C=O) groups is 1. The lowest BCUT2D eigenvalue weighted by atomic mass is 9.70. The quantitative estimate of drug-likeness (QED) is 0.775. The Morgan fingerprint density at radius 1 is 1.06 bits per heavy atom. The second-order valence-corrected chi connectivity index (χ2v) is 5.93. The highest BCUT2D eigenvalue weighted by Gasteiger charge is 2.33. The van der Waals surface area contributed by atoms with Gasteiger partial charge in [-0.3, -0.25) is 4.79 Å². The van der Waals surface area contributed by atoms with Gasteiger partial charge in [0.05, 0.1) is 0 Å². The van der Waals surface area contributed by atoms with Crippen LogP contribution in [0.4, 0.5) is 0 Å². The first-order valence-corrected chi connectivity index (χ1v) is 7.19. The number of hydrogen-bond acceptors (Lipinski definition) is 2. The van der Waals surface area contributed by atoms with Crippen LogP contribution in [0.2, 0.25) is 0 Å². The molecule has 3 heteroatoms. The fourth-order valence-electron chi connectivity index (χ4n) is 3.74. The number of rotatable bonds is 2. The Morgan fingerprint density at radius 3 is 2.35 bits per heavy atom. The van der Waals surface area contributed by atoms with Crippen molar-refractivity contribution in [3.63, 3.8) is 0 Å². The van der Waals surface area contributed by atoms with Gasteiger partial charge in [-0.05, 0) is 50.4 Å². The van der Waals surface area contributed by atoms with Crippen molar-refractivity contribution in [2.75, 3.05) is 0 Å². The summed E-state index contributed by atoms with van der Waals surface area (Å²) in [4.78, 5) is 11.3. The van der Waals surface area contributed by atoms with Crippen molar-refractivity contribution in [3.05, 3.63) is 0 Å². The molecule has 0 aromatic rings. The first-order valence-electron chi connectivity index (χ1n) is 7.19. The van der Waals surface area contributed by atoms with E-state index in [2.05, 4.69) is 5.32 Å². The zero-order valence-corrected chi connectivity index (χ0v) is 11.0.